The van der Waals surface area contributed by atoms with Crippen LogP contribution in [0.15, 0.2) is 76.1 Å². The number of fused-ring (bicyclic) bond motifs is 4. The summed E-state index contributed by atoms with van der Waals surface area (Å²) in [5.74, 6) is -1.81. The van der Waals surface area contributed by atoms with Crippen LogP contribution >= 0.6 is 0 Å². The summed E-state index contributed by atoms with van der Waals surface area (Å²) in [6.07, 6.45) is 4.78. The molecule has 2 amide bonds. The second kappa shape index (κ2) is 13.5. The van der Waals surface area contributed by atoms with Crippen LogP contribution in [0.25, 0.3) is 17.2 Å². The summed E-state index contributed by atoms with van der Waals surface area (Å²) >= 11 is -1.04. The maximum Gasteiger partial charge on any atom is 0.307 e. The lowest BCUT2D eigenvalue weighted by molar-refractivity contribution is -0.136. The number of allylic oxidation sites excluding steroid dienone is 2. The van der Waals surface area contributed by atoms with E-state index in [1.54, 1.807) is 29.4 Å². The molecule has 0 saturated carbocycles. The molecule has 0 bridgehead atoms. The van der Waals surface area contributed by atoms with Crippen LogP contribution in [-0.4, -0.2) is 63.7 Å². The summed E-state index contributed by atoms with van der Waals surface area (Å²) in [6, 6.07) is 17.6. The van der Waals surface area contributed by atoms with E-state index in [0.717, 1.165) is 39.2 Å². The fraction of sp³-hybridized carbons (Fsp3) is 0.278. The van der Waals surface area contributed by atoms with Gasteiger partial charge in [0.15, 0.2) is 4.90 Å². The molecule has 0 spiro atoms. The second-order valence-corrected chi connectivity index (χ2v) is 13.3. The van der Waals surface area contributed by atoms with E-state index in [2.05, 4.69) is 4.99 Å². The van der Waals surface area contributed by atoms with Crippen LogP contribution in [-0.2, 0) is 25.6 Å². The molecule has 3 aromatic carbocycles. The molecule has 2 heterocycles. The molecule has 1 N–H and O–H groups in total. The minimum atomic E-state index is -1.04. The van der Waals surface area contributed by atoms with Crippen molar-refractivity contribution in [2.45, 2.75) is 44.9 Å². The van der Waals surface area contributed by atoms with Crippen LogP contribution in [0.2, 0.25) is 0 Å². The molecule has 3 aromatic rings. The zero-order chi connectivity index (χ0) is 34.2. The largest absolute Gasteiger partial charge is 0.612 e. The zero-order valence-corrected chi connectivity index (χ0v) is 28.0. The van der Waals surface area contributed by atoms with Crippen molar-refractivity contribution in [2.75, 3.05) is 25.4 Å². The fourth-order valence-electron chi connectivity index (χ4n) is 5.95. The first-order chi connectivity index (χ1) is 22.3. The first-order valence-electron chi connectivity index (χ1n) is 15.2. The number of aryl methyl sites for hydroxylation is 1. The minimum Gasteiger partial charge on any atom is -0.612 e. The van der Waals surface area contributed by atoms with Crippen molar-refractivity contribution in [1.82, 2.24) is 9.91 Å². The molecule has 47 heavy (non-hydrogen) atoms. The number of guanidine groups is 1. The van der Waals surface area contributed by atoms with Gasteiger partial charge in [-0.3, -0.25) is 14.4 Å². The number of halogens is 1. The molecule has 6 rings (SSSR count). The van der Waals surface area contributed by atoms with Gasteiger partial charge < -0.3 is 14.6 Å². The average molecular weight is 657 g/mol. The highest BCUT2D eigenvalue weighted by molar-refractivity contribution is 7.90. The van der Waals surface area contributed by atoms with Crippen molar-refractivity contribution in [1.29, 1.82) is 0 Å². The number of anilines is 1. The number of carbonyl (C=O) groups excluding carboxylic acids is 2. The molecule has 1 fully saturated rings. The van der Waals surface area contributed by atoms with Gasteiger partial charge in [0.2, 0.25) is 5.96 Å². The number of nitrogens with zero attached hydrogens (tertiary/aromatic N) is 4. The molecule has 1 saturated heterocycles. The van der Waals surface area contributed by atoms with Crippen LogP contribution in [0, 0.1) is 18.7 Å². The molecule has 2 atom stereocenters. The standard InChI is InChI=1S/C20H17FO3S.C16H20N4O2/c1-12-17(9-13-3-6-15(7-4-13)25(2)24)16-8-5-14(21)10-19(16)18(12)11-20(22)23;1-5-6-11-14(21)19-13-9-10(2)7-8-12(13)17-16(18(3)4)20(19)15(11)22/h3-10H,11H2,1-2H3,(H,22,23);7-9,11H,5-6H2,1-4H3/b17-9-;. The normalized spacial score (nSPS) is 18.0. The minimum absolute atomic E-state index is 0.145. The highest BCUT2D eigenvalue weighted by atomic mass is 32.2. The van der Waals surface area contributed by atoms with Crippen molar-refractivity contribution < 1.29 is 28.4 Å². The van der Waals surface area contributed by atoms with Crippen LogP contribution in [0.3, 0.4) is 0 Å². The highest BCUT2D eigenvalue weighted by Crippen LogP contribution is 2.44. The van der Waals surface area contributed by atoms with E-state index >= 15 is 0 Å². The van der Waals surface area contributed by atoms with Gasteiger partial charge in [-0.1, -0.05) is 25.5 Å². The number of hydrogen-bond acceptors (Lipinski definition) is 6. The number of benzene rings is 3. The SMILES string of the molecule is CC1=C(CC(=O)O)c2cc(F)ccc2/C1=C\c1ccc([S+](C)[O-])cc1.CCCC1C(=O)N2C(N(C)C)=Nc3ccc(C)cc3N2C1=O. The Morgan fingerprint density at radius 2 is 1.70 bits per heavy atom. The van der Waals surface area contributed by atoms with E-state index in [9.17, 15) is 23.3 Å². The van der Waals surface area contributed by atoms with Gasteiger partial charge in [0.1, 0.15) is 18.0 Å². The Morgan fingerprint density at radius 1 is 1.02 bits per heavy atom. The average Bonchev–Trinajstić information content (AvgIpc) is 3.42. The van der Waals surface area contributed by atoms with Crippen molar-refractivity contribution >= 4 is 63.5 Å². The van der Waals surface area contributed by atoms with E-state index in [4.69, 9.17) is 5.11 Å². The number of carboxylic acid groups (broad SMARTS) is 1. The number of amides is 2. The molecule has 1 aliphatic carbocycles. The predicted molar refractivity (Wildman–Crippen MR) is 183 cm³/mol. The first-order valence-corrected chi connectivity index (χ1v) is 16.8. The molecule has 3 aliphatic rings. The second-order valence-electron chi connectivity index (χ2n) is 11.9. The Bertz CT molecular complexity index is 1850. The molecule has 11 heteroatoms. The maximum absolute atomic E-state index is 13.7. The van der Waals surface area contributed by atoms with Gasteiger partial charge >= 0.3 is 5.97 Å². The third-order valence-corrected chi connectivity index (χ3v) is 9.20. The number of carbonyl (C=O) groups is 3. The lowest BCUT2D eigenvalue weighted by Gasteiger charge is -2.35. The molecule has 0 aromatic heterocycles. The van der Waals surface area contributed by atoms with Crippen molar-refractivity contribution in [3.63, 3.8) is 0 Å². The van der Waals surface area contributed by atoms with Gasteiger partial charge in [-0.25, -0.2) is 14.4 Å². The molecule has 244 valence electrons. The third-order valence-electron chi connectivity index (χ3n) is 8.26. The number of aliphatic imine (C=N–C) groups is 1. The van der Waals surface area contributed by atoms with E-state index in [1.165, 1.54) is 22.2 Å². The summed E-state index contributed by atoms with van der Waals surface area (Å²) in [5, 5.41) is 12.1. The number of hydrogen-bond donors (Lipinski definition) is 1. The van der Waals surface area contributed by atoms with Crippen molar-refractivity contribution in [3.8, 4) is 0 Å². The van der Waals surface area contributed by atoms with Gasteiger partial charge in [0.25, 0.3) is 11.8 Å². The van der Waals surface area contributed by atoms with E-state index in [1.807, 2.05) is 71.3 Å². The Balaban J connectivity index is 0.000000186. The number of hydrazine groups is 1. The number of rotatable bonds is 6. The summed E-state index contributed by atoms with van der Waals surface area (Å²) in [6.45, 7) is 5.80. The number of aliphatic carboxylic acids is 1. The lowest BCUT2D eigenvalue weighted by Crippen LogP contribution is -2.52. The van der Waals surface area contributed by atoms with Gasteiger partial charge in [-0.15, -0.1) is 0 Å². The molecular formula is C36H37FN4O5S. The monoisotopic (exact) mass is 656 g/mol. The Morgan fingerprint density at radius 3 is 2.32 bits per heavy atom. The van der Waals surface area contributed by atoms with E-state index < -0.39 is 23.1 Å². The van der Waals surface area contributed by atoms with Crippen LogP contribution in [0.4, 0.5) is 15.8 Å². The van der Waals surface area contributed by atoms with Crippen LogP contribution in [0.1, 0.15) is 55.4 Å². The molecule has 0 radical (unpaired) electrons. The molecular weight excluding hydrogens is 619 g/mol. The highest BCUT2D eigenvalue weighted by Gasteiger charge is 2.50. The molecule has 2 unspecified atom stereocenters. The van der Waals surface area contributed by atoms with Gasteiger partial charge in [0, 0.05) is 14.1 Å². The predicted octanol–water partition coefficient (Wildman–Crippen LogP) is 6.43. The Hall–Kier alpha value is -4.74. The first kappa shape index (κ1) is 33.6. The maximum atomic E-state index is 13.7. The van der Waals surface area contributed by atoms with Gasteiger partial charge in [-0.05, 0) is 125 Å². The fourth-order valence-corrected chi connectivity index (χ4v) is 6.46. The summed E-state index contributed by atoms with van der Waals surface area (Å²) < 4.78 is 25.1. The van der Waals surface area contributed by atoms with Crippen LogP contribution < -0.4 is 5.01 Å². The molecule has 9 nitrogen and oxygen atoms in total. The Kier molecular flexibility index (Phi) is 9.69. The molecule has 2 aliphatic heterocycles. The van der Waals surface area contributed by atoms with Crippen molar-refractivity contribution in [3.05, 3.63) is 94.3 Å². The van der Waals surface area contributed by atoms with E-state index in [0.29, 0.717) is 34.9 Å². The summed E-state index contributed by atoms with van der Waals surface area (Å²) in [5.41, 5.74) is 7.17. The smallest absolute Gasteiger partial charge is 0.307 e. The topological polar surface area (TPSA) is 117 Å². The zero-order valence-electron chi connectivity index (χ0n) is 27.2. The summed E-state index contributed by atoms with van der Waals surface area (Å²) in [4.78, 5) is 43.7. The summed E-state index contributed by atoms with van der Waals surface area (Å²) in [7, 11) is 3.64. The lowest BCUT2D eigenvalue weighted by atomic mass is 10.0. The third kappa shape index (κ3) is 6.59. The van der Waals surface area contributed by atoms with Gasteiger partial charge in [-0.2, -0.15) is 5.01 Å². The van der Waals surface area contributed by atoms with E-state index in [-0.39, 0.29) is 24.1 Å². The quantitative estimate of drug-likeness (QED) is 0.242. The Labute approximate surface area is 276 Å². The van der Waals surface area contributed by atoms with Crippen LogP contribution in [0.5, 0.6) is 0 Å². The number of carboxylic acids is 1. The van der Waals surface area contributed by atoms with Crippen molar-refractivity contribution in [2.24, 2.45) is 10.9 Å². The van der Waals surface area contributed by atoms with Gasteiger partial charge in [0.05, 0.1) is 17.8 Å².